The van der Waals surface area contributed by atoms with Gasteiger partial charge >= 0.3 is 45.4 Å². The second-order valence-corrected chi connectivity index (χ2v) is 16.9. The second kappa shape index (κ2) is 21.9. The molecule has 6 aromatic rings. The zero-order valence-corrected chi connectivity index (χ0v) is 35.7. The SMILES string of the molecule is CCCc1cc2c(-c3cc(C)cc(C)c3C)cccc2[cH-]1.CCCc1cc2c(-c3cc(C)cc(C)c3C)cccc2[cH-]1.O=CN[B]NC=O.[Cl][Zr+2][Cl]. The van der Waals surface area contributed by atoms with Crippen molar-refractivity contribution in [3.05, 3.63) is 129 Å². The Hall–Kier alpha value is -3.43. The quantitative estimate of drug-likeness (QED) is 0.0627. The molecule has 0 aliphatic carbocycles. The predicted molar refractivity (Wildman–Crippen MR) is 222 cm³/mol. The first-order valence-electron chi connectivity index (χ1n) is 17.7. The number of carbonyl (C=O) groups excluding carboxylic acids is 2. The van der Waals surface area contributed by atoms with Gasteiger partial charge in [-0.05, 0) is 87.8 Å². The van der Waals surface area contributed by atoms with Gasteiger partial charge in [-0.25, -0.2) is 0 Å². The number of hydrogen-bond donors (Lipinski definition) is 2. The van der Waals surface area contributed by atoms with Crippen LogP contribution in [0, 0.1) is 41.5 Å². The number of aryl methyl sites for hydroxylation is 6. The van der Waals surface area contributed by atoms with Gasteiger partial charge in [-0.3, -0.25) is 9.59 Å². The average Bonchev–Trinajstić information content (AvgIpc) is 3.73. The van der Waals surface area contributed by atoms with E-state index < -0.39 is 20.8 Å². The molecule has 0 fully saturated rings. The van der Waals surface area contributed by atoms with Crippen LogP contribution in [-0.4, -0.2) is 20.4 Å². The summed E-state index contributed by atoms with van der Waals surface area (Å²) in [5, 5.41) is 9.74. The molecule has 2 N–H and O–H groups in total. The molecule has 0 saturated carbocycles. The Bertz CT molecular complexity index is 1920. The number of nitrogens with one attached hydrogen (secondary N) is 2. The molecule has 52 heavy (non-hydrogen) atoms. The summed E-state index contributed by atoms with van der Waals surface area (Å²) < 4.78 is 0. The average molecular weight is 812 g/mol. The summed E-state index contributed by atoms with van der Waals surface area (Å²) in [5.41, 5.74) is 16.7. The monoisotopic (exact) mass is 809 g/mol. The van der Waals surface area contributed by atoms with Crippen molar-refractivity contribution in [2.75, 3.05) is 0 Å². The molecule has 0 bridgehead atoms. The van der Waals surface area contributed by atoms with Crippen molar-refractivity contribution in [1.82, 2.24) is 10.5 Å². The fraction of sp³-hybridized carbons (Fsp3) is 0.273. The van der Waals surface area contributed by atoms with Crippen molar-refractivity contribution in [3.8, 4) is 22.3 Å². The van der Waals surface area contributed by atoms with Crippen LogP contribution < -0.4 is 10.5 Å². The molecule has 2 amide bonds. The molecule has 1 radical (unpaired) electrons. The molecule has 6 rings (SSSR count). The zero-order valence-electron chi connectivity index (χ0n) is 31.7. The minimum atomic E-state index is -0.826. The van der Waals surface area contributed by atoms with Crippen LogP contribution in [0.3, 0.4) is 0 Å². The van der Waals surface area contributed by atoms with Crippen molar-refractivity contribution in [1.29, 1.82) is 0 Å². The summed E-state index contributed by atoms with van der Waals surface area (Å²) in [6.07, 6.45) is 5.65. The van der Waals surface area contributed by atoms with Crippen LogP contribution in [0.5, 0.6) is 0 Å². The number of amides is 2. The summed E-state index contributed by atoms with van der Waals surface area (Å²) in [6, 6.07) is 32.0. The van der Waals surface area contributed by atoms with Gasteiger partial charge in [-0.2, -0.15) is 12.1 Å². The van der Waals surface area contributed by atoms with Gasteiger partial charge in [0.05, 0.1) is 0 Å². The molecule has 0 aromatic heterocycles. The van der Waals surface area contributed by atoms with Gasteiger partial charge in [0.2, 0.25) is 0 Å². The Kier molecular flexibility index (Phi) is 18.1. The van der Waals surface area contributed by atoms with Crippen LogP contribution in [0.1, 0.15) is 71.2 Å². The van der Waals surface area contributed by atoms with Crippen LogP contribution in [0.4, 0.5) is 0 Å². The van der Waals surface area contributed by atoms with Gasteiger partial charge in [0.1, 0.15) is 0 Å². The number of rotatable bonds is 10. The molecule has 8 heteroatoms. The summed E-state index contributed by atoms with van der Waals surface area (Å²) in [7, 11) is 11.0. The Morgan fingerprint density at radius 3 is 1.35 bits per heavy atom. The van der Waals surface area contributed by atoms with E-state index in [1.54, 1.807) is 0 Å². The molecular formula is C44H50BCl2N2O2Zr. The van der Waals surface area contributed by atoms with Gasteiger partial charge in [0.25, 0.3) is 0 Å². The number of carbonyl (C=O) groups is 2. The molecule has 6 aromatic carbocycles. The molecule has 0 aliphatic heterocycles. The van der Waals surface area contributed by atoms with Gasteiger partial charge in [0, 0.05) is 0 Å². The first-order chi connectivity index (χ1) is 25.0. The maximum absolute atomic E-state index is 9.38. The fourth-order valence-electron chi connectivity index (χ4n) is 6.68. The van der Waals surface area contributed by atoms with Crippen LogP contribution in [0.25, 0.3) is 43.8 Å². The number of halogens is 2. The van der Waals surface area contributed by atoms with E-state index in [1.165, 1.54) is 114 Å². The topological polar surface area (TPSA) is 58.2 Å². The summed E-state index contributed by atoms with van der Waals surface area (Å²) in [4.78, 5) is 18.8. The predicted octanol–water partition coefficient (Wildman–Crippen LogP) is 11.6. The molecule has 0 atom stereocenters. The number of hydrogen-bond acceptors (Lipinski definition) is 2. The van der Waals surface area contributed by atoms with Crippen molar-refractivity contribution in [2.24, 2.45) is 0 Å². The zero-order chi connectivity index (χ0) is 38.2. The molecule has 269 valence electrons. The van der Waals surface area contributed by atoms with Crippen molar-refractivity contribution in [3.63, 3.8) is 0 Å². The van der Waals surface area contributed by atoms with Gasteiger partial charge < -0.3 is 10.5 Å². The van der Waals surface area contributed by atoms with Crippen LogP contribution in [0.15, 0.2) is 84.9 Å². The van der Waals surface area contributed by atoms with E-state index >= 15 is 0 Å². The molecule has 4 nitrogen and oxygen atoms in total. The van der Waals surface area contributed by atoms with E-state index in [0.717, 1.165) is 7.55 Å². The second-order valence-electron chi connectivity index (χ2n) is 13.1. The van der Waals surface area contributed by atoms with Gasteiger partial charge in [-0.15, -0.1) is 69.1 Å². The molecule has 0 spiro atoms. The third-order valence-corrected chi connectivity index (χ3v) is 9.20. The maximum atomic E-state index is 9.38. The molecular weight excluding hydrogens is 761 g/mol. The van der Waals surface area contributed by atoms with E-state index in [1.807, 2.05) is 0 Å². The first-order valence-corrected chi connectivity index (χ1v) is 24.1. The van der Waals surface area contributed by atoms with E-state index in [0.29, 0.717) is 12.8 Å². The van der Waals surface area contributed by atoms with Gasteiger partial charge in [-0.1, -0.05) is 85.3 Å². The van der Waals surface area contributed by atoms with Crippen molar-refractivity contribution < 1.29 is 30.4 Å². The van der Waals surface area contributed by atoms with Crippen molar-refractivity contribution >= 4 is 58.9 Å². The standard InChI is InChI=1S/2C21H23.C2H4BN2O2.2ClH.Zr/c2*1-5-7-17-12-18-8-6-9-19(21(18)13-17)20-11-14(2)10-15(3)16(20)4;6-1-4-3-5-2-7;;;/h2*6,8-13H,5,7H2,1-4H3;1-2H,(H,4,6)(H,5,7);2*1H;/q2*-1;;;;+4/p-2. The van der Waals surface area contributed by atoms with E-state index in [4.69, 9.17) is 17.0 Å². The Morgan fingerprint density at radius 2 is 1.00 bits per heavy atom. The summed E-state index contributed by atoms with van der Waals surface area (Å²) in [5.74, 6) is 0. The third-order valence-electron chi connectivity index (χ3n) is 9.20. The first kappa shape index (κ1) is 43.0. The van der Waals surface area contributed by atoms with E-state index in [9.17, 15) is 9.59 Å². The van der Waals surface area contributed by atoms with E-state index in [2.05, 4.69) is 151 Å². The van der Waals surface area contributed by atoms with Crippen molar-refractivity contribution in [2.45, 2.75) is 81.1 Å². The molecule has 0 heterocycles. The summed E-state index contributed by atoms with van der Waals surface area (Å²) >= 11 is -0.826. The van der Waals surface area contributed by atoms with Crippen LogP contribution in [0.2, 0.25) is 0 Å². The minimum absolute atomic E-state index is 0.455. The van der Waals surface area contributed by atoms with Gasteiger partial charge in [0.15, 0.2) is 12.8 Å². The third kappa shape index (κ3) is 11.8. The molecule has 0 unspecified atom stereocenters. The number of fused-ring (bicyclic) bond motifs is 2. The summed E-state index contributed by atoms with van der Waals surface area (Å²) in [6.45, 7) is 17.7. The van der Waals surface area contributed by atoms with E-state index in [-0.39, 0.29) is 0 Å². The Morgan fingerprint density at radius 1 is 0.615 bits per heavy atom. The number of benzene rings is 4. The molecule has 0 aliphatic rings. The Labute approximate surface area is 330 Å². The van der Waals surface area contributed by atoms with Crippen LogP contribution in [-0.2, 0) is 43.3 Å². The molecule has 0 saturated heterocycles. The fourth-order valence-corrected chi connectivity index (χ4v) is 6.68. The Balaban J connectivity index is 0.000000224. The normalized spacial score (nSPS) is 10.1. The van der Waals surface area contributed by atoms with Crippen LogP contribution >= 0.6 is 17.0 Å².